The van der Waals surface area contributed by atoms with Gasteiger partial charge in [-0.3, -0.25) is 0 Å². The molecule has 0 atom stereocenters. The van der Waals surface area contributed by atoms with Gasteiger partial charge < -0.3 is 5.32 Å². The number of thiazole rings is 1. The molecule has 98 valence electrons. The maximum absolute atomic E-state index is 4.85. The van der Waals surface area contributed by atoms with Crippen molar-refractivity contribution in [1.29, 1.82) is 0 Å². The number of hydrogen-bond acceptors (Lipinski definition) is 3. The van der Waals surface area contributed by atoms with E-state index in [4.69, 9.17) is 4.98 Å². The summed E-state index contributed by atoms with van der Waals surface area (Å²) in [6.45, 7) is 13.3. The first-order valence-electron chi connectivity index (χ1n) is 6.73. The molecule has 0 amide bonds. The minimum atomic E-state index is 0.0665. The van der Waals surface area contributed by atoms with Gasteiger partial charge in [-0.1, -0.05) is 20.8 Å². The monoisotopic (exact) mass is 254 g/mol. The van der Waals surface area contributed by atoms with Crippen molar-refractivity contribution in [3.8, 4) is 0 Å². The van der Waals surface area contributed by atoms with Crippen LogP contribution in [0.4, 0.5) is 0 Å². The fraction of sp³-hybridized carbons (Fsp3) is 0.786. The van der Waals surface area contributed by atoms with E-state index in [0.29, 0.717) is 6.04 Å². The van der Waals surface area contributed by atoms with Gasteiger partial charge in [0.15, 0.2) is 0 Å². The second-order valence-electron chi connectivity index (χ2n) is 4.96. The van der Waals surface area contributed by atoms with E-state index >= 15 is 0 Å². The molecule has 1 rings (SSSR count). The molecule has 17 heavy (non-hydrogen) atoms. The topological polar surface area (TPSA) is 24.9 Å². The van der Waals surface area contributed by atoms with Gasteiger partial charge in [0.25, 0.3) is 0 Å². The van der Waals surface area contributed by atoms with E-state index in [2.05, 4.69) is 46.9 Å². The molecule has 1 N–H and O–H groups in total. The maximum Gasteiger partial charge on any atom is 0.113 e. The van der Waals surface area contributed by atoms with Crippen molar-refractivity contribution in [3.63, 3.8) is 0 Å². The third-order valence-corrected chi connectivity index (χ3v) is 4.63. The van der Waals surface area contributed by atoms with Gasteiger partial charge in [0.05, 0.1) is 11.2 Å². The Morgan fingerprint density at radius 2 is 1.82 bits per heavy atom. The van der Waals surface area contributed by atoms with Crippen molar-refractivity contribution < 1.29 is 0 Å². The zero-order valence-corrected chi connectivity index (χ0v) is 12.9. The second-order valence-corrected chi connectivity index (χ2v) is 6.17. The third-order valence-electron chi connectivity index (χ3n) is 3.41. The Morgan fingerprint density at radius 3 is 2.18 bits per heavy atom. The van der Waals surface area contributed by atoms with E-state index < -0.39 is 0 Å². The van der Waals surface area contributed by atoms with Crippen LogP contribution in [0, 0.1) is 6.92 Å². The van der Waals surface area contributed by atoms with Crippen molar-refractivity contribution in [3.05, 3.63) is 15.6 Å². The van der Waals surface area contributed by atoms with Crippen molar-refractivity contribution >= 4 is 11.3 Å². The molecule has 0 aromatic carbocycles. The molecule has 1 heterocycles. The Hall–Kier alpha value is -0.410. The molecular weight excluding hydrogens is 228 g/mol. The molecule has 2 nitrogen and oxygen atoms in total. The van der Waals surface area contributed by atoms with E-state index in [-0.39, 0.29) is 5.54 Å². The molecule has 1 aromatic rings. The summed E-state index contributed by atoms with van der Waals surface area (Å²) in [6, 6.07) is 0.490. The number of aryl methyl sites for hydroxylation is 2. The average Bonchev–Trinajstić information content (AvgIpc) is 2.67. The highest BCUT2D eigenvalue weighted by Crippen LogP contribution is 2.34. The van der Waals surface area contributed by atoms with Gasteiger partial charge in [0.2, 0.25) is 0 Å². The fourth-order valence-corrected chi connectivity index (χ4v) is 3.63. The Bertz CT molecular complexity index is 351. The molecule has 0 aliphatic rings. The van der Waals surface area contributed by atoms with Crippen LogP contribution in [0.15, 0.2) is 0 Å². The first-order chi connectivity index (χ1) is 7.99. The minimum Gasteiger partial charge on any atom is -0.303 e. The largest absolute Gasteiger partial charge is 0.303 e. The van der Waals surface area contributed by atoms with E-state index in [1.54, 1.807) is 0 Å². The molecule has 0 fully saturated rings. The lowest BCUT2D eigenvalue weighted by Crippen LogP contribution is -2.45. The van der Waals surface area contributed by atoms with Crippen molar-refractivity contribution in [2.45, 2.75) is 72.4 Å². The van der Waals surface area contributed by atoms with Gasteiger partial charge in [0.1, 0.15) is 5.01 Å². The van der Waals surface area contributed by atoms with E-state index in [9.17, 15) is 0 Å². The van der Waals surface area contributed by atoms with Crippen molar-refractivity contribution in [2.24, 2.45) is 0 Å². The summed E-state index contributed by atoms with van der Waals surface area (Å²) in [7, 11) is 0. The van der Waals surface area contributed by atoms with Gasteiger partial charge in [-0.2, -0.15) is 0 Å². The summed E-state index contributed by atoms with van der Waals surface area (Å²) in [5.74, 6) is 0. The predicted molar refractivity (Wildman–Crippen MR) is 76.8 cm³/mol. The van der Waals surface area contributed by atoms with Crippen molar-refractivity contribution in [2.75, 3.05) is 0 Å². The van der Waals surface area contributed by atoms with Crippen LogP contribution in [0.1, 0.15) is 63.0 Å². The number of rotatable bonds is 6. The molecular formula is C14H26N2S. The minimum absolute atomic E-state index is 0.0665. The smallest absolute Gasteiger partial charge is 0.113 e. The normalized spacial score (nSPS) is 12.4. The van der Waals surface area contributed by atoms with Crippen LogP contribution in [-0.2, 0) is 12.0 Å². The van der Waals surface area contributed by atoms with E-state index in [0.717, 1.165) is 19.3 Å². The van der Waals surface area contributed by atoms with Crippen LogP contribution in [0.2, 0.25) is 0 Å². The first kappa shape index (κ1) is 14.7. The van der Waals surface area contributed by atoms with Crippen LogP contribution < -0.4 is 5.32 Å². The predicted octanol–water partition coefficient (Wildman–Crippen LogP) is 4.03. The van der Waals surface area contributed by atoms with Crippen LogP contribution >= 0.6 is 11.3 Å². The summed E-state index contributed by atoms with van der Waals surface area (Å²) in [5.41, 5.74) is 1.33. The van der Waals surface area contributed by atoms with Crippen LogP contribution in [-0.4, -0.2) is 11.0 Å². The molecule has 0 saturated carbocycles. The van der Waals surface area contributed by atoms with Gasteiger partial charge in [-0.05, 0) is 40.0 Å². The molecule has 0 aliphatic heterocycles. The molecule has 1 aromatic heterocycles. The number of nitrogens with zero attached hydrogens (tertiary/aromatic N) is 1. The van der Waals surface area contributed by atoms with Crippen LogP contribution in [0.3, 0.4) is 0 Å². The Morgan fingerprint density at radius 1 is 1.24 bits per heavy atom. The molecule has 0 saturated heterocycles. The number of hydrogen-bond donors (Lipinski definition) is 1. The second kappa shape index (κ2) is 5.96. The van der Waals surface area contributed by atoms with Gasteiger partial charge >= 0.3 is 0 Å². The van der Waals surface area contributed by atoms with Crippen LogP contribution in [0.5, 0.6) is 0 Å². The Balaban J connectivity index is 3.12. The average molecular weight is 254 g/mol. The molecule has 0 radical (unpaired) electrons. The van der Waals surface area contributed by atoms with Crippen molar-refractivity contribution in [1.82, 2.24) is 10.3 Å². The highest BCUT2D eigenvalue weighted by molar-refractivity contribution is 7.11. The zero-order chi connectivity index (χ0) is 13.1. The quantitative estimate of drug-likeness (QED) is 0.829. The van der Waals surface area contributed by atoms with E-state index in [1.807, 2.05) is 11.3 Å². The lowest BCUT2D eigenvalue weighted by atomic mass is 9.92. The maximum atomic E-state index is 4.85. The summed E-state index contributed by atoms with van der Waals surface area (Å²) in [5, 5.41) is 4.99. The molecule has 0 aliphatic carbocycles. The molecule has 0 bridgehead atoms. The number of aromatic nitrogens is 1. The highest BCUT2D eigenvalue weighted by atomic mass is 32.1. The SMILES string of the molecule is CCc1nc(C(CC)(CC)NC(C)C)sc1C. The van der Waals surface area contributed by atoms with Gasteiger partial charge in [-0.25, -0.2) is 4.98 Å². The first-order valence-corrected chi connectivity index (χ1v) is 7.55. The molecule has 0 unspecified atom stereocenters. The summed E-state index contributed by atoms with van der Waals surface area (Å²) < 4.78 is 0. The van der Waals surface area contributed by atoms with Gasteiger partial charge in [-0.15, -0.1) is 11.3 Å². The Kier molecular flexibility index (Phi) is 5.14. The van der Waals surface area contributed by atoms with Gasteiger partial charge in [0, 0.05) is 10.9 Å². The van der Waals surface area contributed by atoms with E-state index in [1.165, 1.54) is 15.6 Å². The summed E-state index contributed by atoms with van der Waals surface area (Å²) in [4.78, 5) is 6.23. The highest BCUT2D eigenvalue weighted by Gasteiger charge is 2.32. The zero-order valence-electron chi connectivity index (χ0n) is 12.1. The standard InChI is InChI=1S/C14H26N2S/c1-7-12-11(6)17-13(15-12)14(8-2,9-3)16-10(4)5/h10,16H,7-9H2,1-6H3. The molecule has 3 heteroatoms. The molecule has 0 spiro atoms. The number of nitrogens with one attached hydrogen (secondary N) is 1. The summed E-state index contributed by atoms with van der Waals surface area (Å²) in [6.07, 6.45) is 3.23. The summed E-state index contributed by atoms with van der Waals surface area (Å²) >= 11 is 1.86. The third kappa shape index (κ3) is 3.08. The Labute approximate surface area is 110 Å². The lowest BCUT2D eigenvalue weighted by molar-refractivity contribution is 0.281. The van der Waals surface area contributed by atoms with Crippen LogP contribution in [0.25, 0.3) is 0 Å². The lowest BCUT2D eigenvalue weighted by Gasteiger charge is -2.33. The fourth-order valence-electron chi connectivity index (χ4n) is 2.33.